The van der Waals surface area contributed by atoms with Crippen molar-refractivity contribution >= 4 is 17.8 Å². The van der Waals surface area contributed by atoms with E-state index in [-0.39, 0.29) is 12.6 Å². The third kappa shape index (κ3) is 2.94. The van der Waals surface area contributed by atoms with Crippen LogP contribution in [0, 0.1) is 0 Å². The van der Waals surface area contributed by atoms with Crippen molar-refractivity contribution < 1.29 is 5.11 Å². The number of nitrogens with two attached hydrogens (primary N) is 1. The van der Waals surface area contributed by atoms with Crippen molar-refractivity contribution in [3.8, 4) is 0 Å². The molecule has 0 saturated carbocycles. The summed E-state index contributed by atoms with van der Waals surface area (Å²) in [5.41, 5.74) is 5.18. The summed E-state index contributed by atoms with van der Waals surface area (Å²) in [7, 11) is 5.47. The summed E-state index contributed by atoms with van der Waals surface area (Å²) < 4.78 is 0. The highest BCUT2D eigenvalue weighted by Crippen LogP contribution is 2.20. The number of aromatic nitrogens is 3. The van der Waals surface area contributed by atoms with E-state index in [1.807, 2.05) is 35.0 Å². The summed E-state index contributed by atoms with van der Waals surface area (Å²) in [6.07, 6.45) is 0. The Bertz CT molecular complexity index is 392. The first-order valence-electron chi connectivity index (χ1n) is 5.31. The second-order valence-electron chi connectivity index (χ2n) is 4.72. The van der Waals surface area contributed by atoms with Gasteiger partial charge in [-0.15, -0.1) is 0 Å². The summed E-state index contributed by atoms with van der Waals surface area (Å²) in [4.78, 5) is 15.9. The SMILES string of the molecule is CN(C)c1nc(N)nc(N(C)C(C)(C)CO)n1. The molecule has 0 saturated heterocycles. The van der Waals surface area contributed by atoms with E-state index in [1.165, 1.54) is 0 Å². The average Bonchev–Trinajstić information content (AvgIpc) is 2.27. The lowest BCUT2D eigenvalue weighted by molar-refractivity contribution is 0.215. The van der Waals surface area contributed by atoms with Crippen molar-refractivity contribution in [3.05, 3.63) is 0 Å². The lowest BCUT2D eigenvalue weighted by Gasteiger charge is -2.34. The van der Waals surface area contributed by atoms with Crippen LogP contribution in [0.1, 0.15) is 13.8 Å². The highest BCUT2D eigenvalue weighted by molar-refractivity contribution is 5.43. The Morgan fingerprint density at radius 1 is 1.12 bits per heavy atom. The highest BCUT2D eigenvalue weighted by Gasteiger charge is 2.25. The van der Waals surface area contributed by atoms with Gasteiger partial charge in [0.1, 0.15) is 0 Å². The number of aliphatic hydroxyl groups is 1. The van der Waals surface area contributed by atoms with Crippen LogP contribution in [0.25, 0.3) is 0 Å². The van der Waals surface area contributed by atoms with Crippen LogP contribution < -0.4 is 15.5 Å². The van der Waals surface area contributed by atoms with Crippen LogP contribution in [0.5, 0.6) is 0 Å². The Morgan fingerprint density at radius 3 is 2.12 bits per heavy atom. The van der Waals surface area contributed by atoms with E-state index in [4.69, 9.17) is 5.73 Å². The molecule has 0 amide bonds. The normalized spacial score (nSPS) is 11.4. The molecule has 3 N–H and O–H groups in total. The van der Waals surface area contributed by atoms with E-state index in [9.17, 15) is 5.11 Å². The van der Waals surface area contributed by atoms with Gasteiger partial charge in [0.25, 0.3) is 0 Å². The topological polar surface area (TPSA) is 91.4 Å². The summed E-state index contributed by atoms with van der Waals surface area (Å²) in [6.45, 7) is 3.77. The fourth-order valence-corrected chi connectivity index (χ4v) is 1.10. The molecule has 0 atom stereocenters. The molecule has 1 rings (SSSR count). The van der Waals surface area contributed by atoms with E-state index in [1.54, 1.807) is 9.80 Å². The van der Waals surface area contributed by atoms with Crippen LogP contribution in [-0.4, -0.2) is 53.3 Å². The van der Waals surface area contributed by atoms with Gasteiger partial charge in [0, 0.05) is 21.1 Å². The number of hydrogen-bond donors (Lipinski definition) is 2. The minimum absolute atomic E-state index is 0.00755. The van der Waals surface area contributed by atoms with E-state index in [2.05, 4.69) is 15.0 Å². The molecular weight excluding hydrogens is 220 g/mol. The summed E-state index contributed by atoms with van der Waals surface area (Å²) >= 11 is 0. The number of nitrogens with zero attached hydrogens (tertiary/aromatic N) is 5. The number of hydrogen-bond acceptors (Lipinski definition) is 7. The largest absolute Gasteiger partial charge is 0.394 e. The molecule has 96 valence electrons. The monoisotopic (exact) mass is 240 g/mol. The molecule has 0 aliphatic rings. The van der Waals surface area contributed by atoms with Crippen molar-refractivity contribution in [1.82, 2.24) is 15.0 Å². The maximum Gasteiger partial charge on any atom is 0.232 e. The maximum absolute atomic E-state index is 9.32. The van der Waals surface area contributed by atoms with E-state index in [0.717, 1.165) is 0 Å². The average molecular weight is 240 g/mol. The fraction of sp³-hybridized carbons (Fsp3) is 0.700. The van der Waals surface area contributed by atoms with Crippen LogP contribution in [0.15, 0.2) is 0 Å². The number of likely N-dealkylation sites (N-methyl/N-ethyl adjacent to an activating group) is 1. The van der Waals surface area contributed by atoms with Crippen molar-refractivity contribution in [2.45, 2.75) is 19.4 Å². The van der Waals surface area contributed by atoms with Gasteiger partial charge in [-0.3, -0.25) is 0 Å². The molecule has 0 bridgehead atoms. The molecular formula is C10H20N6O. The van der Waals surface area contributed by atoms with E-state index < -0.39 is 5.54 Å². The van der Waals surface area contributed by atoms with Gasteiger partial charge in [0.15, 0.2) is 0 Å². The standard InChI is InChI=1S/C10H20N6O/c1-10(2,6-17)16(5)9-13-7(11)12-8(14-9)15(3)4/h17H,6H2,1-5H3,(H2,11,12,13,14). The molecule has 1 aromatic rings. The molecule has 17 heavy (non-hydrogen) atoms. The maximum atomic E-state index is 9.32. The van der Waals surface area contributed by atoms with Gasteiger partial charge in [0.05, 0.1) is 12.1 Å². The molecule has 0 aromatic carbocycles. The van der Waals surface area contributed by atoms with Gasteiger partial charge < -0.3 is 20.6 Å². The second kappa shape index (κ2) is 4.70. The molecule has 1 heterocycles. The van der Waals surface area contributed by atoms with Crippen LogP contribution in [0.3, 0.4) is 0 Å². The highest BCUT2D eigenvalue weighted by atomic mass is 16.3. The Morgan fingerprint density at radius 2 is 1.65 bits per heavy atom. The molecule has 0 fully saturated rings. The molecule has 7 heteroatoms. The van der Waals surface area contributed by atoms with Crippen molar-refractivity contribution in [2.24, 2.45) is 0 Å². The van der Waals surface area contributed by atoms with Crippen LogP contribution >= 0.6 is 0 Å². The van der Waals surface area contributed by atoms with E-state index >= 15 is 0 Å². The zero-order valence-corrected chi connectivity index (χ0v) is 11.0. The quantitative estimate of drug-likeness (QED) is 0.748. The molecule has 0 aliphatic carbocycles. The van der Waals surface area contributed by atoms with Gasteiger partial charge in [-0.25, -0.2) is 0 Å². The predicted molar refractivity (Wildman–Crippen MR) is 68.1 cm³/mol. The Labute approximate surface area is 101 Å². The summed E-state index contributed by atoms with van der Waals surface area (Å²) in [5.74, 6) is 1.10. The minimum atomic E-state index is -0.461. The third-order valence-corrected chi connectivity index (χ3v) is 2.62. The second-order valence-corrected chi connectivity index (χ2v) is 4.72. The molecule has 7 nitrogen and oxygen atoms in total. The van der Waals surface area contributed by atoms with Crippen molar-refractivity contribution in [2.75, 3.05) is 43.3 Å². The van der Waals surface area contributed by atoms with E-state index in [0.29, 0.717) is 11.9 Å². The van der Waals surface area contributed by atoms with Crippen LogP contribution in [0.2, 0.25) is 0 Å². The first-order valence-corrected chi connectivity index (χ1v) is 5.31. The number of rotatable bonds is 4. The minimum Gasteiger partial charge on any atom is -0.394 e. The molecule has 0 spiro atoms. The van der Waals surface area contributed by atoms with Gasteiger partial charge in [-0.05, 0) is 13.8 Å². The fourth-order valence-electron chi connectivity index (χ4n) is 1.10. The first kappa shape index (κ1) is 13.4. The van der Waals surface area contributed by atoms with Crippen LogP contribution in [0.4, 0.5) is 17.8 Å². The number of nitrogen functional groups attached to an aromatic ring is 1. The third-order valence-electron chi connectivity index (χ3n) is 2.62. The zero-order chi connectivity index (χ0) is 13.2. The molecule has 0 unspecified atom stereocenters. The smallest absolute Gasteiger partial charge is 0.232 e. The summed E-state index contributed by atoms with van der Waals surface area (Å²) in [5, 5.41) is 9.32. The molecule has 0 aliphatic heterocycles. The Balaban J connectivity index is 3.14. The zero-order valence-electron chi connectivity index (χ0n) is 11.0. The summed E-state index contributed by atoms with van der Waals surface area (Å²) in [6, 6.07) is 0. The molecule has 0 radical (unpaired) electrons. The van der Waals surface area contributed by atoms with Crippen LogP contribution in [-0.2, 0) is 0 Å². The number of anilines is 3. The lowest BCUT2D eigenvalue weighted by atomic mass is 10.1. The first-order chi connectivity index (χ1) is 7.77. The van der Waals surface area contributed by atoms with Gasteiger partial charge >= 0.3 is 0 Å². The van der Waals surface area contributed by atoms with Crippen molar-refractivity contribution in [1.29, 1.82) is 0 Å². The molecule has 1 aromatic heterocycles. The predicted octanol–water partition coefficient (Wildman–Crippen LogP) is -0.273. The Hall–Kier alpha value is -1.63. The lowest BCUT2D eigenvalue weighted by Crippen LogP contribution is -2.45. The van der Waals surface area contributed by atoms with Gasteiger partial charge in [-0.2, -0.15) is 15.0 Å². The van der Waals surface area contributed by atoms with Crippen molar-refractivity contribution in [3.63, 3.8) is 0 Å². The number of aliphatic hydroxyl groups excluding tert-OH is 1. The van der Waals surface area contributed by atoms with Gasteiger partial charge in [0.2, 0.25) is 17.8 Å². The Kier molecular flexibility index (Phi) is 3.72. The van der Waals surface area contributed by atoms with Gasteiger partial charge in [-0.1, -0.05) is 0 Å².